The number of primary amides is 1. The second-order valence-electron chi connectivity index (χ2n) is 7.50. The molecule has 0 saturated carbocycles. The Morgan fingerprint density at radius 1 is 1.07 bits per heavy atom. The number of fused-ring (bicyclic) bond motifs is 3. The van der Waals surface area contributed by atoms with Gasteiger partial charge in [0.2, 0.25) is 5.91 Å². The smallest absolute Gasteiger partial charge is 0.249 e. The van der Waals surface area contributed by atoms with Gasteiger partial charge in [0.25, 0.3) is 0 Å². The Kier molecular flexibility index (Phi) is 5.59. The molecular formula is C25H24ClN2O. The molecule has 0 aliphatic carbocycles. The van der Waals surface area contributed by atoms with Gasteiger partial charge in [0.1, 0.15) is 0 Å². The van der Waals surface area contributed by atoms with Crippen LogP contribution >= 0.6 is 11.6 Å². The van der Waals surface area contributed by atoms with Crippen LogP contribution in [0, 0.1) is 6.07 Å². The second-order valence-corrected chi connectivity index (χ2v) is 7.94. The molecule has 0 bridgehead atoms. The van der Waals surface area contributed by atoms with Gasteiger partial charge in [-0.2, -0.15) is 0 Å². The summed E-state index contributed by atoms with van der Waals surface area (Å²) in [5.74, 6) is -0.415. The van der Waals surface area contributed by atoms with E-state index in [1.54, 1.807) is 6.07 Å². The van der Waals surface area contributed by atoms with Crippen molar-refractivity contribution in [3.05, 3.63) is 82.4 Å². The van der Waals surface area contributed by atoms with Crippen molar-refractivity contribution < 1.29 is 4.79 Å². The minimum absolute atomic E-state index is 0.415. The third-order valence-corrected chi connectivity index (χ3v) is 5.69. The number of aryl methyl sites for hydroxylation is 1. The highest BCUT2D eigenvalue weighted by Gasteiger charge is 2.17. The molecule has 0 aliphatic rings. The average molecular weight is 404 g/mol. The Balaban J connectivity index is 1.91. The Morgan fingerprint density at radius 2 is 1.86 bits per heavy atom. The van der Waals surface area contributed by atoms with Crippen molar-refractivity contribution in [3.8, 4) is 0 Å². The third-order valence-electron chi connectivity index (χ3n) is 5.44. The molecule has 0 spiro atoms. The molecule has 1 aromatic heterocycles. The molecule has 29 heavy (non-hydrogen) atoms. The van der Waals surface area contributed by atoms with Crippen LogP contribution in [-0.2, 0) is 13.0 Å². The number of hydrogen-bond donors (Lipinski definition) is 1. The van der Waals surface area contributed by atoms with Crippen LogP contribution in [0.3, 0.4) is 0 Å². The van der Waals surface area contributed by atoms with Gasteiger partial charge in [-0.15, -0.1) is 0 Å². The number of hydrogen-bond acceptors (Lipinski definition) is 1. The molecule has 0 atom stereocenters. The van der Waals surface area contributed by atoms with E-state index < -0.39 is 5.91 Å². The minimum atomic E-state index is -0.415. The van der Waals surface area contributed by atoms with Gasteiger partial charge in [0.05, 0.1) is 11.0 Å². The molecule has 2 N–H and O–H groups in total. The summed E-state index contributed by atoms with van der Waals surface area (Å²) in [5, 5.41) is 2.55. The predicted molar refractivity (Wildman–Crippen MR) is 121 cm³/mol. The molecule has 0 fully saturated rings. The molecule has 3 nitrogen and oxygen atoms in total. The van der Waals surface area contributed by atoms with E-state index >= 15 is 0 Å². The monoisotopic (exact) mass is 403 g/mol. The van der Waals surface area contributed by atoms with Gasteiger partial charge in [0.15, 0.2) is 0 Å². The highest BCUT2D eigenvalue weighted by Crippen LogP contribution is 2.33. The van der Waals surface area contributed by atoms with Crippen LogP contribution in [0.15, 0.2) is 54.6 Å². The van der Waals surface area contributed by atoms with Gasteiger partial charge < -0.3 is 10.3 Å². The van der Waals surface area contributed by atoms with Crippen molar-refractivity contribution in [2.45, 2.75) is 39.2 Å². The van der Waals surface area contributed by atoms with Crippen LogP contribution in [0.1, 0.15) is 47.7 Å². The normalized spacial score (nSPS) is 11.4. The van der Waals surface area contributed by atoms with Crippen molar-refractivity contribution in [1.29, 1.82) is 0 Å². The van der Waals surface area contributed by atoms with E-state index in [-0.39, 0.29) is 0 Å². The fourth-order valence-electron chi connectivity index (χ4n) is 3.97. The number of carbonyl (C=O) groups excluding carboxylic acids is 1. The average Bonchev–Trinajstić information content (AvgIpc) is 3.03. The highest BCUT2D eigenvalue weighted by atomic mass is 35.5. The fraction of sp³-hybridized carbons (Fsp3) is 0.240. The lowest BCUT2D eigenvalue weighted by Crippen LogP contribution is -2.11. The van der Waals surface area contributed by atoms with Crippen LogP contribution in [-0.4, -0.2) is 10.5 Å². The van der Waals surface area contributed by atoms with Crippen molar-refractivity contribution in [2.75, 3.05) is 0 Å². The van der Waals surface area contributed by atoms with E-state index in [4.69, 9.17) is 17.3 Å². The summed E-state index contributed by atoms with van der Waals surface area (Å²) in [6.45, 7) is 2.90. The first-order valence-electron chi connectivity index (χ1n) is 10.1. The number of amides is 1. The van der Waals surface area contributed by atoms with Crippen LogP contribution in [0.2, 0.25) is 5.02 Å². The summed E-state index contributed by atoms with van der Waals surface area (Å²) in [4.78, 5) is 12.1. The summed E-state index contributed by atoms with van der Waals surface area (Å²) in [6.07, 6.45) is 4.62. The van der Waals surface area contributed by atoms with E-state index in [1.807, 2.05) is 36.4 Å². The first-order valence-corrected chi connectivity index (χ1v) is 10.5. The Labute approximate surface area is 176 Å². The number of halogens is 1. The molecule has 4 rings (SSSR count). The van der Waals surface area contributed by atoms with E-state index in [9.17, 15) is 4.79 Å². The van der Waals surface area contributed by atoms with Gasteiger partial charge >= 0.3 is 0 Å². The van der Waals surface area contributed by atoms with E-state index in [2.05, 4.69) is 29.7 Å². The number of carbonyl (C=O) groups is 1. The molecule has 0 unspecified atom stereocenters. The van der Waals surface area contributed by atoms with E-state index in [0.717, 1.165) is 38.8 Å². The number of nitrogens with two attached hydrogens (primary N) is 1. The van der Waals surface area contributed by atoms with Crippen molar-refractivity contribution in [2.24, 2.45) is 5.73 Å². The number of aromatic nitrogens is 1. The Hall–Kier alpha value is -2.78. The van der Waals surface area contributed by atoms with E-state index in [1.165, 1.54) is 24.8 Å². The van der Waals surface area contributed by atoms with Gasteiger partial charge in [-0.1, -0.05) is 55.6 Å². The Bertz CT molecular complexity index is 1180. The maximum atomic E-state index is 12.1. The van der Waals surface area contributed by atoms with Crippen LogP contribution in [0.5, 0.6) is 0 Å². The molecule has 1 amide bonds. The number of unbranched alkanes of at least 4 members (excludes halogenated alkanes) is 2. The molecule has 1 heterocycles. The number of rotatable bonds is 7. The zero-order chi connectivity index (χ0) is 20.4. The fourth-order valence-corrected chi connectivity index (χ4v) is 4.10. The SMILES string of the molecule is CCCCCc1c[c]c2c3c(C(N)=O)cccc3n(Cc3ccc(Cl)cc3)c2c1. The van der Waals surface area contributed by atoms with Crippen LogP contribution in [0.25, 0.3) is 21.8 Å². The number of benzene rings is 3. The number of nitrogens with zero attached hydrogens (tertiary/aromatic N) is 1. The zero-order valence-corrected chi connectivity index (χ0v) is 17.3. The molecule has 0 saturated heterocycles. The molecule has 3 aromatic carbocycles. The van der Waals surface area contributed by atoms with Crippen LogP contribution in [0.4, 0.5) is 0 Å². The van der Waals surface area contributed by atoms with Gasteiger partial charge in [0, 0.05) is 27.9 Å². The Morgan fingerprint density at radius 3 is 2.59 bits per heavy atom. The standard InChI is InChI=1S/C25H24ClN2O/c1-2-3-4-6-17-11-14-20-23(15-17)28(16-18-9-12-19(26)13-10-18)22-8-5-7-21(24(20)22)25(27)29/h5,7-13,15H,2-4,6,16H2,1H3,(H2,27,29). The summed E-state index contributed by atoms with van der Waals surface area (Å²) in [7, 11) is 0. The van der Waals surface area contributed by atoms with Crippen molar-refractivity contribution in [1.82, 2.24) is 4.57 Å². The summed E-state index contributed by atoms with van der Waals surface area (Å²) < 4.78 is 2.25. The maximum absolute atomic E-state index is 12.1. The van der Waals surface area contributed by atoms with Gasteiger partial charge in [-0.3, -0.25) is 4.79 Å². The van der Waals surface area contributed by atoms with E-state index in [0.29, 0.717) is 12.1 Å². The van der Waals surface area contributed by atoms with Crippen LogP contribution < -0.4 is 5.73 Å². The second kappa shape index (κ2) is 8.30. The van der Waals surface area contributed by atoms with Gasteiger partial charge in [-0.05, 0) is 60.4 Å². The minimum Gasteiger partial charge on any atom is -0.366 e. The lowest BCUT2D eigenvalue weighted by molar-refractivity contribution is 0.100. The quantitative estimate of drug-likeness (QED) is 0.371. The molecular weight excluding hydrogens is 380 g/mol. The predicted octanol–water partition coefficient (Wildman–Crippen LogP) is 6.13. The summed E-state index contributed by atoms with van der Waals surface area (Å²) in [6, 6.07) is 21.4. The topological polar surface area (TPSA) is 48.0 Å². The molecule has 1 radical (unpaired) electrons. The molecule has 4 aromatic rings. The third kappa shape index (κ3) is 3.88. The summed E-state index contributed by atoms with van der Waals surface area (Å²) in [5.41, 5.74) is 10.7. The van der Waals surface area contributed by atoms with Gasteiger partial charge in [-0.25, -0.2) is 0 Å². The lowest BCUT2D eigenvalue weighted by atomic mass is 10.0. The first kappa shape index (κ1) is 19.5. The lowest BCUT2D eigenvalue weighted by Gasteiger charge is -2.09. The van der Waals surface area contributed by atoms with Crippen molar-refractivity contribution in [3.63, 3.8) is 0 Å². The molecule has 4 heteroatoms. The molecule has 147 valence electrons. The maximum Gasteiger partial charge on any atom is 0.249 e. The first-order chi connectivity index (χ1) is 14.1. The largest absolute Gasteiger partial charge is 0.366 e. The summed E-state index contributed by atoms with van der Waals surface area (Å²) >= 11 is 6.06. The highest BCUT2D eigenvalue weighted by molar-refractivity contribution is 6.30. The van der Waals surface area contributed by atoms with Crippen molar-refractivity contribution >= 4 is 39.3 Å². The zero-order valence-electron chi connectivity index (χ0n) is 16.5. The molecule has 0 aliphatic heterocycles.